The maximum atomic E-state index is 13.4. The number of halogens is 3. The Bertz CT molecular complexity index is 835. The molecule has 9 heteroatoms. The maximum Gasteiger partial charge on any atom is 0.391 e. The van der Waals surface area contributed by atoms with Crippen LogP contribution in [0.1, 0.15) is 51.0 Å². The largest absolute Gasteiger partial charge is 0.391 e. The molecule has 2 atom stereocenters. The van der Waals surface area contributed by atoms with Crippen molar-refractivity contribution in [1.29, 1.82) is 0 Å². The molecule has 1 aliphatic carbocycles. The Balaban J connectivity index is 1.79. The lowest BCUT2D eigenvalue weighted by atomic mass is 9.72. The molecule has 0 radical (unpaired) electrons. The van der Waals surface area contributed by atoms with Gasteiger partial charge in [-0.05, 0) is 44.6 Å². The van der Waals surface area contributed by atoms with Gasteiger partial charge in [-0.25, -0.2) is 12.7 Å². The minimum Gasteiger partial charge on any atom is -0.353 e. The third kappa shape index (κ3) is 4.82. The Morgan fingerprint density at radius 1 is 1.17 bits per heavy atom. The van der Waals surface area contributed by atoms with E-state index in [1.165, 1.54) is 4.31 Å². The number of hydrogen-bond acceptors (Lipinski definition) is 3. The highest BCUT2D eigenvalue weighted by Gasteiger charge is 2.47. The number of benzene rings is 1. The van der Waals surface area contributed by atoms with Gasteiger partial charge >= 0.3 is 6.18 Å². The summed E-state index contributed by atoms with van der Waals surface area (Å²) in [7, 11) is -3.35. The van der Waals surface area contributed by atoms with Gasteiger partial charge in [-0.1, -0.05) is 36.8 Å². The van der Waals surface area contributed by atoms with Gasteiger partial charge in [0.15, 0.2) is 0 Å². The number of piperidine rings is 1. The van der Waals surface area contributed by atoms with Crippen LogP contribution in [0.2, 0.25) is 0 Å². The molecule has 2 fully saturated rings. The fourth-order valence-corrected chi connectivity index (χ4v) is 5.78. The Labute approximate surface area is 176 Å². The van der Waals surface area contributed by atoms with Crippen molar-refractivity contribution in [2.24, 2.45) is 5.92 Å². The third-order valence-corrected chi connectivity index (χ3v) is 8.45. The first kappa shape index (κ1) is 23.1. The van der Waals surface area contributed by atoms with Crippen molar-refractivity contribution in [3.05, 3.63) is 35.9 Å². The number of rotatable bonds is 5. The summed E-state index contributed by atoms with van der Waals surface area (Å²) in [4.78, 5) is 13.4. The van der Waals surface area contributed by atoms with Crippen molar-refractivity contribution in [2.45, 2.75) is 63.1 Å². The molecule has 30 heavy (non-hydrogen) atoms. The Morgan fingerprint density at radius 3 is 2.37 bits per heavy atom. The van der Waals surface area contributed by atoms with Crippen LogP contribution in [-0.4, -0.2) is 49.7 Å². The minimum atomic E-state index is -4.25. The molecule has 0 spiro atoms. The molecule has 0 aromatic heterocycles. The Kier molecular flexibility index (Phi) is 6.81. The molecular weight excluding hydrogens is 417 g/mol. The van der Waals surface area contributed by atoms with Crippen LogP contribution in [0, 0.1) is 5.92 Å². The molecule has 1 N–H and O–H groups in total. The molecule has 1 amide bonds. The second kappa shape index (κ2) is 8.86. The quantitative estimate of drug-likeness (QED) is 0.752. The smallest absolute Gasteiger partial charge is 0.353 e. The number of nitrogens with zero attached hydrogens (tertiary/aromatic N) is 1. The summed E-state index contributed by atoms with van der Waals surface area (Å²) in [5.74, 6) is -1.69. The highest BCUT2D eigenvalue weighted by atomic mass is 32.2. The Hall–Kier alpha value is -1.61. The SMILES string of the molecule is CCS(=O)(=O)N1CCC(C(=O)NC2CCCC(C(F)(F)F)C2)(c2ccccc2)CC1. The summed E-state index contributed by atoms with van der Waals surface area (Å²) in [5.41, 5.74) is -0.161. The zero-order valence-corrected chi connectivity index (χ0v) is 17.9. The Morgan fingerprint density at radius 2 is 1.80 bits per heavy atom. The van der Waals surface area contributed by atoms with Gasteiger partial charge in [-0.3, -0.25) is 4.79 Å². The summed E-state index contributed by atoms with van der Waals surface area (Å²) in [6.45, 7) is 2.02. The van der Waals surface area contributed by atoms with E-state index in [4.69, 9.17) is 0 Å². The third-order valence-electron chi connectivity index (χ3n) is 6.57. The van der Waals surface area contributed by atoms with E-state index in [0.29, 0.717) is 25.7 Å². The number of carbonyl (C=O) groups is 1. The maximum absolute atomic E-state index is 13.4. The standard InChI is InChI=1S/C21H29F3N2O3S/c1-2-30(28,29)26-13-11-20(12-14-26,16-7-4-3-5-8-16)19(27)25-18-10-6-9-17(15-18)21(22,23)24/h3-5,7-8,17-18H,2,6,9-15H2,1H3,(H,25,27). The lowest BCUT2D eigenvalue weighted by molar-refractivity contribution is -0.184. The molecule has 2 aliphatic rings. The van der Waals surface area contributed by atoms with Gasteiger partial charge in [0.1, 0.15) is 0 Å². The van der Waals surface area contributed by atoms with Crippen molar-refractivity contribution >= 4 is 15.9 Å². The molecule has 168 valence electrons. The molecule has 2 unspecified atom stereocenters. The van der Waals surface area contributed by atoms with E-state index in [2.05, 4.69) is 5.32 Å². The van der Waals surface area contributed by atoms with Gasteiger partial charge < -0.3 is 5.32 Å². The summed E-state index contributed by atoms with van der Waals surface area (Å²) in [5, 5.41) is 2.89. The van der Waals surface area contributed by atoms with Gasteiger partial charge in [0, 0.05) is 19.1 Å². The molecule has 1 aliphatic heterocycles. The first-order valence-electron chi connectivity index (χ1n) is 10.5. The lowest BCUT2D eigenvalue weighted by Gasteiger charge is -2.42. The molecular formula is C21H29F3N2O3S. The first-order valence-corrected chi connectivity index (χ1v) is 12.1. The normalized spacial score (nSPS) is 25.6. The van der Waals surface area contributed by atoms with Crippen LogP contribution < -0.4 is 5.32 Å². The zero-order valence-electron chi connectivity index (χ0n) is 17.1. The predicted octanol–water partition coefficient (Wildman–Crippen LogP) is 3.61. The molecule has 3 rings (SSSR count). The predicted molar refractivity (Wildman–Crippen MR) is 108 cm³/mol. The monoisotopic (exact) mass is 446 g/mol. The van der Waals surface area contributed by atoms with Crippen LogP contribution in [0.3, 0.4) is 0 Å². The van der Waals surface area contributed by atoms with Gasteiger partial charge in [0.25, 0.3) is 0 Å². The first-order chi connectivity index (χ1) is 14.1. The van der Waals surface area contributed by atoms with Crippen molar-refractivity contribution in [3.8, 4) is 0 Å². The van der Waals surface area contributed by atoms with Crippen LogP contribution in [0.15, 0.2) is 30.3 Å². The van der Waals surface area contributed by atoms with Crippen molar-refractivity contribution in [1.82, 2.24) is 9.62 Å². The van der Waals surface area contributed by atoms with Gasteiger partial charge in [-0.2, -0.15) is 13.2 Å². The topological polar surface area (TPSA) is 66.5 Å². The molecule has 5 nitrogen and oxygen atoms in total. The van der Waals surface area contributed by atoms with Gasteiger partial charge in [0.05, 0.1) is 17.1 Å². The average molecular weight is 447 g/mol. The van der Waals surface area contributed by atoms with Crippen LogP contribution >= 0.6 is 0 Å². The number of carbonyl (C=O) groups excluding carboxylic acids is 1. The van der Waals surface area contributed by atoms with Gasteiger partial charge in [0.2, 0.25) is 15.9 Å². The van der Waals surface area contributed by atoms with E-state index in [-0.39, 0.29) is 37.6 Å². The van der Waals surface area contributed by atoms with Crippen LogP contribution in [0.4, 0.5) is 13.2 Å². The van der Waals surface area contributed by atoms with E-state index in [1.807, 2.05) is 30.3 Å². The molecule has 1 heterocycles. The number of amides is 1. The number of nitrogens with one attached hydrogen (secondary N) is 1. The van der Waals surface area contributed by atoms with E-state index < -0.39 is 33.6 Å². The summed E-state index contributed by atoms with van der Waals surface area (Å²) in [6.07, 6.45) is -2.69. The van der Waals surface area contributed by atoms with Crippen LogP contribution in [0.25, 0.3) is 0 Å². The van der Waals surface area contributed by atoms with E-state index in [9.17, 15) is 26.4 Å². The molecule has 0 bridgehead atoms. The van der Waals surface area contributed by atoms with Crippen molar-refractivity contribution in [2.75, 3.05) is 18.8 Å². The fourth-order valence-electron chi connectivity index (χ4n) is 4.67. The summed E-state index contributed by atoms with van der Waals surface area (Å²) >= 11 is 0. The van der Waals surface area contributed by atoms with E-state index in [0.717, 1.165) is 5.56 Å². The van der Waals surface area contributed by atoms with Crippen molar-refractivity contribution < 1.29 is 26.4 Å². The zero-order chi connectivity index (χ0) is 22.0. The van der Waals surface area contributed by atoms with E-state index >= 15 is 0 Å². The van der Waals surface area contributed by atoms with Gasteiger partial charge in [-0.15, -0.1) is 0 Å². The molecule has 1 aromatic carbocycles. The summed E-state index contributed by atoms with van der Waals surface area (Å²) in [6, 6.07) is 8.63. The van der Waals surface area contributed by atoms with Crippen LogP contribution in [-0.2, 0) is 20.2 Å². The molecule has 1 saturated carbocycles. The van der Waals surface area contributed by atoms with E-state index in [1.54, 1.807) is 6.92 Å². The second-order valence-corrected chi connectivity index (χ2v) is 10.6. The molecule has 1 aromatic rings. The highest BCUT2D eigenvalue weighted by Crippen LogP contribution is 2.40. The number of sulfonamides is 1. The fraction of sp³-hybridized carbons (Fsp3) is 0.667. The van der Waals surface area contributed by atoms with Crippen molar-refractivity contribution in [3.63, 3.8) is 0 Å². The number of alkyl halides is 3. The lowest BCUT2D eigenvalue weighted by Crippen LogP contribution is -2.55. The number of hydrogen-bond donors (Lipinski definition) is 1. The minimum absolute atomic E-state index is 0.00155. The van der Waals surface area contributed by atoms with Crippen LogP contribution in [0.5, 0.6) is 0 Å². The summed E-state index contributed by atoms with van der Waals surface area (Å²) < 4.78 is 65.4. The molecule has 1 saturated heterocycles. The highest BCUT2D eigenvalue weighted by molar-refractivity contribution is 7.89. The average Bonchev–Trinajstić information content (AvgIpc) is 2.74. The second-order valence-electron chi connectivity index (χ2n) is 8.32.